The number of ether oxygens (including phenoxy) is 5. The summed E-state index contributed by atoms with van der Waals surface area (Å²) in [4.78, 5) is 41.9. The Hall–Kier alpha value is -5.65. The molecule has 5 aromatic carbocycles. The summed E-state index contributed by atoms with van der Waals surface area (Å²) in [7, 11) is -3.18. The maximum atomic E-state index is 14.0. The van der Waals surface area contributed by atoms with Crippen LogP contribution in [0.15, 0.2) is 164 Å². The third-order valence-corrected chi connectivity index (χ3v) is 15.1. The van der Waals surface area contributed by atoms with Crippen molar-refractivity contribution < 1.29 is 42.5 Å². The van der Waals surface area contributed by atoms with Gasteiger partial charge in [0.25, 0.3) is 8.32 Å². The summed E-state index contributed by atoms with van der Waals surface area (Å²) >= 11 is 0. The molecule has 0 spiro atoms. The van der Waals surface area contributed by atoms with Crippen molar-refractivity contribution in [1.82, 2.24) is 0 Å². The monoisotopic (exact) mass is 798 g/mol. The molecule has 0 radical (unpaired) electrons. The molecule has 1 saturated heterocycles. The minimum absolute atomic E-state index is 0.106. The number of allylic oxidation sites excluding steroid dienone is 1. The van der Waals surface area contributed by atoms with Crippen LogP contribution in [-0.2, 0) is 28.1 Å². The first-order valence-corrected chi connectivity index (χ1v) is 21.4. The zero-order valence-corrected chi connectivity index (χ0v) is 34.1. The van der Waals surface area contributed by atoms with Crippen LogP contribution >= 0.6 is 0 Å². The zero-order chi connectivity index (χ0) is 41.0. The van der Waals surface area contributed by atoms with Gasteiger partial charge in [0.05, 0.1) is 29.9 Å². The van der Waals surface area contributed by atoms with Gasteiger partial charge in [-0.25, -0.2) is 14.4 Å². The number of rotatable bonds is 16. The fourth-order valence-electron chi connectivity index (χ4n) is 7.24. The third kappa shape index (κ3) is 9.89. The van der Waals surface area contributed by atoms with Crippen molar-refractivity contribution in [2.24, 2.45) is 0 Å². The second-order valence-corrected chi connectivity index (χ2v) is 19.3. The Balaban J connectivity index is 1.47. The number of esters is 3. The summed E-state index contributed by atoms with van der Waals surface area (Å²) in [5, 5.41) is 1.65. The Morgan fingerprint density at radius 3 is 1.41 bits per heavy atom. The van der Waals surface area contributed by atoms with Crippen molar-refractivity contribution in [1.29, 1.82) is 0 Å². The topological polar surface area (TPSA) is 107 Å². The van der Waals surface area contributed by atoms with E-state index in [4.69, 9.17) is 28.1 Å². The van der Waals surface area contributed by atoms with E-state index in [-0.39, 0.29) is 29.9 Å². The highest BCUT2D eigenvalue weighted by molar-refractivity contribution is 6.99. The van der Waals surface area contributed by atoms with E-state index in [1.54, 1.807) is 97.1 Å². The third-order valence-electron chi connectivity index (χ3n) is 10.1. The van der Waals surface area contributed by atoms with Crippen LogP contribution < -0.4 is 10.4 Å². The molecular formula is C48H50O9Si. The molecule has 300 valence electrons. The molecule has 0 saturated carbocycles. The van der Waals surface area contributed by atoms with Crippen LogP contribution in [0.3, 0.4) is 0 Å². The molecule has 6 rings (SSSR count). The molecule has 0 aliphatic carbocycles. The van der Waals surface area contributed by atoms with Crippen molar-refractivity contribution in [3.63, 3.8) is 0 Å². The van der Waals surface area contributed by atoms with Gasteiger partial charge in [-0.2, -0.15) is 0 Å². The average molecular weight is 799 g/mol. The predicted octanol–water partition coefficient (Wildman–Crippen LogP) is 7.95. The lowest BCUT2D eigenvalue weighted by atomic mass is 9.97. The van der Waals surface area contributed by atoms with Gasteiger partial charge in [-0.05, 0) is 64.7 Å². The number of carbonyl (C=O) groups excluding carboxylic acids is 3. The number of hydrogen-bond donors (Lipinski definition) is 0. The molecule has 0 bridgehead atoms. The Bertz CT molecular complexity index is 2030. The van der Waals surface area contributed by atoms with Gasteiger partial charge >= 0.3 is 17.9 Å². The average Bonchev–Trinajstić information content (AvgIpc) is 3.25. The highest BCUT2D eigenvalue weighted by atomic mass is 28.4. The van der Waals surface area contributed by atoms with Crippen LogP contribution in [0.1, 0.15) is 64.7 Å². The number of carbonyl (C=O) groups is 3. The van der Waals surface area contributed by atoms with Crippen LogP contribution in [0, 0.1) is 0 Å². The molecule has 5 aromatic rings. The van der Waals surface area contributed by atoms with E-state index in [0.717, 1.165) is 10.4 Å². The molecule has 1 heterocycles. The smallest absolute Gasteiger partial charge is 0.338 e. The van der Waals surface area contributed by atoms with Crippen LogP contribution in [0.2, 0.25) is 5.04 Å². The van der Waals surface area contributed by atoms with Gasteiger partial charge in [-0.1, -0.05) is 142 Å². The molecule has 0 aromatic heterocycles. The van der Waals surface area contributed by atoms with Gasteiger partial charge in [0.1, 0.15) is 6.10 Å². The van der Waals surface area contributed by atoms with E-state index in [0.29, 0.717) is 12.8 Å². The van der Waals surface area contributed by atoms with Gasteiger partial charge < -0.3 is 28.1 Å². The lowest BCUT2D eigenvalue weighted by molar-refractivity contribution is -0.297. The molecule has 1 fully saturated rings. The second-order valence-electron chi connectivity index (χ2n) is 15.0. The summed E-state index contributed by atoms with van der Waals surface area (Å²) in [5.41, 5.74) is 0.776. The predicted molar refractivity (Wildman–Crippen MR) is 225 cm³/mol. The van der Waals surface area contributed by atoms with Crippen molar-refractivity contribution >= 4 is 36.6 Å². The summed E-state index contributed by atoms with van der Waals surface area (Å²) in [6.45, 7) is 10.4. The van der Waals surface area contributed by atoms with E-state index in [1.807, 2.05) is 36.4 Å². The first-order valence-electron chi connectivity index (χ1n) is 19.5. The van der Waals surface area contributed by atoms with Crippen LogP contribution in [0.25, 0.3) is 0 Å². The van der Waals surface area contributed by atoms with Crippen LogP contribution in [-0.4, -0.2) is 70.1 Å². The van der Waals surface area contributed by atoms with Gasteiger partial charge in [0, 0.05) is 0 Å². The summed E-state index contributed by atoms with van der Waals surface area (Å²) in [5.74, 6) is -2.11. The molecule has 58 heavy (non-hydrogen) atoms. The highest BCUT2D eigenvalue weighted by Crippen LogP contribution is 2.38. The maximum absolute atomic E-state index is 14.0. The molecule has 5 atom stereocenters. The van der Waals surface area contributed by atoms with E-state index in [2.05, 4.69) is 51.6 Å². The largest absolute Gasteiger partial charge is 0.452 e. The van der Waals surface area contributed by atoms with Crippen molar-refractivity contribution in [2.45, 2.75) is 69.4 Å². The number of hydrogen-bond acceptors (Lipinski definition) is 9. The molecular weight excluding hydrogens is 749 g/mol. The van der Waals surface area contributed by atoms with Crippen molar-refractivity contribution in [2.75, 3.05) is 13.2 Å². The summed E-state index contributed by atoms with van der Waals surface area (Å²) < 4.78 is 39.3. The lowest BCUT2D eigenvalue weighted by Crippen LogP contribution is -2.69. The first kappa shape index (κ1) is 42.0. The fraction of sp³-hybridized carbons (Fsp3) is 0.271. The quantitative estimate of drug-likeness (QED) is 0.0323. The van der Waals surface area contributed by atoms with Gasteiger partial charge in [-0.15, -0.1) is 6.58 Å². The van der Waals surface area contributed by atoms with Crippen molar-refractivity contribution in [3.05, 3.63) is 181 Å². The van der Waals surface area contributed by atoms with Crippen LogP contribution in [0.4, 0.5) is 0 Å². The Kier molecular flexibility index (Phi) is 14.2. The molecule has 0 amide bonds. The lowest BCUT2D eigenvalue weighted by Gasteiger charge is -2.47. The molecule has 1 aliphatic heterocycles. The van der Waals surface area contributed by atoms with Gasteiger partial charge in [0.2, 0.25) is 0 Å². The summed E-state index contributed by atoms with van der Waals surface area (Å²) in [6, 6.07) is 45.6. The van der Waals surface area contributed by atoms with E-state index in [9.17, 15) is 14.4 Å². The number of benzene rings is 5. The van der Waals surface area contributed by atoms with E-state index < -0.39 is 62.0 Å². The fourth-order valence-corrected chi connectivity index (χ4v) is 11.8. The minimum atomic E-state index is -3.18. The van der Waals surface area contributed by atoms with E-state index in [1.165, 1.54) is 0 Å². The molecule has 1 aliphatic rings. The maximum Gasteiger partial charge on any atom is 0.338 e. The molecule has 9 nitrogen and oxygen atoms in total. The van der Waals surface area contributed by atoms with Gasteiger partial charge in [0.15, 0.2) is 24.6 Å². The first-order chi connectivity index (χ1) is 28.1. The zero-order valence-electron chi connectivity index (χ0n) is 33.1. The Labute approximate surface area is 341 Å². The Morgan fingerprint density at radius 1 is 0.603 bits per heavy atom. The highest BCUT2D eigenvalue weighted by Gasteiger charge is 2.56. The Morgan fingerprint density at radius 2 is 1.00 bits per heavy atom. The van der Waals surface area contributed by atoms with E-state index >= 15 is 0 Å². The van der Waals surface area contributed by atoms with Crippen molar-refractivity contribution in [3.8, 4) is 0 Å². The van der Waals surface area contributed by atoms with Crippen LogP contribution in [0.5, 0.6) is 0 Å². The summed E-state index contributed by atoms with van der Waals surface area (Å²) in [6.07, 6.45) is -3.41. The minimum Gasteiger partial charge on any atom is -0.452 e. The normalized spacial score (nSPS) is 19.4. The second kappa shape index (κ2) is 19.7. The van der Waals surface area contributed by atoms with Gasteiger partial charge in [-0.3, -0.25) is 0 Å². The standard InChI is InChI=1S/C48H50O9Si/c1-5-6-22-33-52-47-43(57-46(51)37-27-16-9-17-28-37)42(56-45(50)36-25-14-8-15-26-36)41(55-44(49)35-23-12-7-13-24-35)40(54-47)34-53-58(48(2,3)4,38-29-18-10-19-30-38)39-31-20-11-21-32-39/h5,7-21,23-32,40-43,47H,1,6,22,33-34H2,2-4H3/t40-,41+,42+,43-,47-/m1/s1. The molecule has 0 N–H and O–H groups in total. The SMILES string of the molecule is C=CCCCO[C@@H]1O[C@H](CO[Si](c2ccccc2)(c2ccccc2)C(C)(C)C)[C@H](OC(=O)c2ccccc2)[C@H](OC(=O)c2ccccc2)[C@H]1OC(=O)c1ccccc1. The number of unbranched alkanes of at least 4 members (excludes halogenated alkanes) is 1. The molecule has 10 heteroatoms. The molecule has 0 unspecified atom stereocenters.